The van der Waals surface area contributed by atoms with Crippen LogP contribution in [0.15, 0.2) is 76.1 Å². The number of carbonyl (C=O) groups excluding carboxylic acids is 2. The van der Waals surface area contributed by atoms with Crippen LogP contribution >= 0.6 is 39.1 Å². The Morgan fingerprint density at radius 1 is 1.00 bits per heavy atom. The van der Waals surface area contributed by atoms with Crippen LogP contribution in [0.25, 0.3) is 0 Å². The zero-order chi connectivity index (χ0) is 29.4. The summed E-state index contributed by atoms with van der Waals surface area (Å²) in [6.45, 7) is 5.46. The van der Waals surface area contributed by atoms with Gasteiger partial charge >= 0.3 is 0 Å². The smallest absolute Gasteiger partial charge is 0.264 e. The maximum atomic E-state index is 14.0. The van der Waals surface area contributed by atoms with E-state index in [9.17, 15) is 18.0 Å². The average Bonchev–Trinajstić information content (AvgIpc) is 2.92. The molecule has 3 rings (SSSR count). The van der Waals surface area contributed by atoms with Crippen molar-refractivity contribution in [3.05, 3.63) is 92.4 Å². The minimum atomic E-state index is -4.24. The predicted molar refractivity (Wildman–Crippen MR) is 164 cm³/mol. The summed E-state index contributed by atoms with van der Waals surface area (Å²) in [5.74, 6) is -0.902. The summed E-state index contributed by atoms with van der Waals surface area (Å²) in [5, 5.41) is 3.23. The Labute approximate surface area is 254 Å². The van der Waals surface area contributed by atoms with Crippen LogP contribution in [0, 0.1) is 6.92 Å². The number of rotatable bonds is 12. The standard InChI is InChI=1S/C29H32BrCl2N3O4S/c1-4-5-16-33-29(37)21(3)34(18-22-8-10-23(30)11-9-22)28(36)19-35(27-17-24(31)12-15-26(27)32)40(38,39)25-13-6-20(2)7-14-25/h6-15,17,21H,4-5,16,18-19H2,1-3H3,(H,33,37). The Morgan fingerprint density at radius 2 is 1.65 bits per heavy atom. The summed E-state index contributed by atoms with van der Waals surface area (Å²) in [6.07, 6.45) is 1.71. The molecule has 0 radical (unpaired) electrons. The highest BCUT2D eigenvalue weighted by molar-refractivity contribution is 9.10. The van der Waals surface area contributed by atoms with Crippen LogP contribution < -0.4 is 9.62 Å². The van der Waals surface area contributed by atoms with E-state index >= 15 is 0 Å². The lowest BCUT2D eigenvalue weighted by Crippen LogP contribution is -2.51. The number of nitrogens with zero attached hydrogens (tertiary/aromatic N) is 2. The van der Waals surface area contributed by atoms with E-state index in [2.05, 4.69) is 21.2 Å². The van der Waals surface area contributed by atoms with Crippen molar-refractivity contribution in [2.75, 3.05) is 17.4 Å². The van der Waals surface area contributed by atoms with Gasteiger partial charge in [0.15, 0.2) is 0 Å². The molecule has 0 bridgehead atoms. The summed E-state index contributed by atoms with van der Waals surface area (Å²) in [5.41, 5.74) is 1.72. The number of aryl methyl sites for hydroxylation is 1. The summed E-state index contributed by atoms with van der Waals surface area (Å²) < 4.78 is 29.6. The molecule has 0 saturated heterocycles. The van der Waals surface area contributed by atoms with Crippen molar-refractivity contribution in [1.29, 1.82) is 0 Å². The summed E-state index contributed by atoms with van der Waals surface area (Å²) in [4.78, 5) is 28.4. The Bertz CT molecular complexity index is 1430. The minimum Gasteiger partial charge on any atom is -0.354 e. The lowest BCUT2D eigenvalue weighted by Gasteiger charge is -2.32. The first kappa shape index (κ1) is 31.9. The minimum absolute atomic E-state index is 0.00763. The van der Waals surface area contributed by atoms with Gasteiger partial charge in [-0.3, -0.25) is 13.9 Å². The highest BCUT2D eigenvalue weighted by Crippen LogP contribution is 2.33. The Balaban J connectivity index is 2.04. The van der Waals surface area contributed by atoms with Gasteiger partial charge in [0, 0.05) is 22.6 Å². The quantitative estimate of drug-likeness (QED) is 0.221. The molecule has 3 aromatic carbocycles. The van der Waals surface area contributed by atoms with E-state index in [0.29, 0.717) is 6.54 Å². The van der Waals surface area contributed by atoms with Crippen LogP contribution in [0.4, 0.5) is 5.69 Å². The van der Waals surface area contributed by atoms with E-state index < -0.39 is 28.5 Å². The Hall–Kier alpha value is -2.59. The monoisotopic (exact) mass is 667 g/mol. The van der Waals surface area contributed by atoms with E-state index in [1.54, 1.807) is 19.1 Å². The van der Waals surface area contributed by atoms with E-state index in [1.165, 1.54) is 35.2 Å². The van der Waals surface area contributed by atoms with Gasteiger partial charge in [-0.05, 0) is 68.3 Å². The summed E-state index contributed by atoms with van der Waals surface area (Å²) >= 11 is 16.1. The van der Waals surface area contributed by atoms with Gasteiger partial charge in [-0.25, -0.2) is 8.42 Å². The van der Waals surface area contributed by atoms with Gasteiger partial charge in [-0.2, -0.15) is 0 Å². The molecule has 3 aromatic rings. The third-order valence-corrected chi connectivity index (χ3v) is 9.19. The number of amides is 2. The van der Waals surface area contributed by atoms with Gasteiger partial charge in [0.1, 0.15) is 12.6 Å². The van der Waals surface area contributed by atoms with Gasteiger partial charge < -0.3 is 10.2 Å². The number of nitrogens with one attached hydrogen (secondary N) is 1. The van der Waals surface area contributed by atoms with Crippen LogP contribution in [0.3, 0.4) is 0 Å². The molecule has 0 fully saturated rings. The zero-order valence-corrected chi connectivity index (χ0v) is 26.4. The number of carbonyl (C=O) groups is 2. The fourth-order valence-electron chi connectivity index (χ4n) is 3.93. The largest absolute Gasteiger partial charge is 0.354 e. The van der Waals surface area contributed by atoms with E-state index in [1.807, 2.05) is 38.1 Å². The van der Waals surface area contributed by atoms with Gasteiger partial charge in [0.25, 0.3) is 10.0 Å². The fraction of sp³-hybridized carbons (Fsp3) is 0.310. The molecule has 2 amide bonds. The third-order valence-electron chi connectivity index (χ3n) is 6.33. The van der Waals surface area contributed by atoms with E-state index in [-0.39, 0.29) is 33.1 Å². The topological polar surface area (TPSA) is 86.8 Å². The normalized spacial score (nSPS) is 12.1. The second-order valence-electron chi connectivity index (χ2n) is 9.39. The first-order valence-electron chi connectivity index (χ1n) is 12.8. The van der Waals surface area contributed by atoms with Gasteiger partial charge in [0.05, 0.1) is 15.6 Å². The summed E-state index contributed by atoms with van der Waals surface area (Å²) in [6, 6.07) is 17.2. The first-order valence-corrected chi connectivity index (χ1v) is 15.8. The molecule has 0 aliphatic heterocycles. The van der Waals surface area contributed by atoms with Crippen molar-refractivity contribution in [2.45, 2.75) is 51.1 Å². The molecule has 1 N–H and O–H groups in total. The van der Waals surface area contributed by atoms with Crippen molar-refractivity contribution in [2.24, 2.45) is 0 Å². The van der Waals surface area contributed by atoms with Crippen molar-refractivity contribution < 1.29 is 18.0 Å². The highest BCUT2D eigenvalue weighted by atomic mass is 79.9. The number of benzene rings is 3. The molecule has 1 atom stereocenters. The first-order chi connectivity index (χ1) is 18.9. The fourth-order valence-corrected chi connectivity index (χ4v) is 6.06. The summed E-state index contributed by atoms with van der Waals surface area (Å²) in [7, 11) is -4.24. The lowest BCUT2D eigenvalue weighted by atomic mass is 10.1. The van der Waals surface area contributed by atoms with Crippen molar-refractivity contribution >= 4 is 66.7 Å². The average molecular weight is 669 g/mol. The van der Waals surface area contributed by atoms with E-state index in [0.717, 1.165) is 32.7 Å². The number of sulfonamides is 1. The molecule has 0 aliphatic carbocycles. The molecule has 0 heterocycles. The molecule has 1 unspecified atom stereocenters. The molecule has 40 heavy (non-hydrogen) atoms. The second-order valence-corrected chi connectivity index (χ2v) is 13.0. The van der Waals surface area contributed by atoms with Crippen LogP contribution in [0.5, 0.6) is 0 Å². The Morgan fingerprint density at radius 3 is 2.27 bits per heavy atom. The van der Waals surface area contributed by atoms with Crippen molar-refractivity contribution in [1.82, 2.24) is 10.2 Å². The molecule has 0 saturated carbocycles. The van der Waals surface area contributed by atoms with Crippen LogP contribution in [0.1, 0.15) is 37.8 Å². The molecule has 11 heteroatoms. The molecule has 0 aliphatic rings. The van der Waals surface area contributed by atoms with Gasteiger partial charge in [-0.1, -0.05) is 82.3 Å². The van der Waals surface area contributed by atoms with Crippen LogP contribution in [-0.2, 0) is 26.2 Å². The van der Waals surface area contributed by atoms with E-state index in [4.69, 9.17) is 23.2 Å². The SMILES string of the molecule is CCCCNC(=O)C(C)N(Cc1ccc(Br)cc1)C(=O)CN(c1cc(Cl)ccc1Cl)S(=O)(=O)c1ccc(C)cc1. The number of unbranched alkanes of at least 4 members (excludes halogenated alkanes) is 1. The number of halogens is 3. The predicted octanol–water partition coefficient (Wildman–Crippen LogP) is 6.59. The van der Waals surface area contributed by atoms with Crippen molar-refractivity contribution in [3.8, 4) is 0 Å². The molecule has 214 valence electrons. The van der Waals surface area contributed by atoms with Gasteiger partial charge in [-0.15, -0.1) is 0 Å². The number of anilines is 1. The third kappa shape index (κ3) is 8.22. The van der Waals surface area contributed by atoms with Gasteiger partial charge in [0.2, 0.25) is 11.8 Å². The maximum Gasteiger partial charge on any atom is 0.264 e. The highest BCUT2D eigenvalue weighted by Gasteiger charge is 2.33. The van der Waals surface area contributed by atoms with Crippen LogP contribution in [0.2, 0.25) is 10.0 Å². The molecule has 7 nitrogen and oxygen atoms in total. The molecular formula is C29H32BrCl2N3O4S. The molecule has 0 aromatic heterocycles. The zero-order valence-electron chi connectivity index (χ0n) is 22.5. The molecular weight excluding hydrogens is 637 g/mol. The Kier molecular flexibility index (Phi) is 11.5. The number of hydrogen-bond acceptors (Lipinski definition) is 4. The number of hydrogen-bond donors (Lipinski definition) is 1. The van der Waals surface area contributed by atoms with Crippen molar-refractivity contribution in [3.63, 3.8) is 0 Å². The maximum absolute atomic E-state index is 14.0. The van der Waals surface area contributed by atoms with Crippen LogP contribution in [-0.4, -0.2) is 44.3 Å². The second kappa shape index (κ2) is 14.3. The molecule has 0 spiro atoms. The lowest BCUT2D eigenvalue weighted by molar-refractivity contribution is -0.139.